The highest BCUT2D eigenvalue weighted by Crippen LogP contribution is 2.29. The molecule has 2 aromatic carbocycles. The van der Waals surface area contributed by atoms with E-state index in [1.54, 1.807) is 37.3 Å². The summed E-state index contributed by atoms with van der Waals surface area (Å²) >= 11 is 1.14. The minimum absolute atomic E-state index is 0.252. The Morgan fingerprint density at radius 2 is 1.82 bits per heavy atom. The van der Waals surface area contributed by atoms with E-state index in [4.69, 9.17) is 9.47 Å². The number of aromatic nitrogens is 2. The maximum atomic E-state index is 13.1. The zero-order valence-corrected chi connectivity index (χ0v) is 19.6. The van der Waals surface area contributed by atoms with E-state index in [-0.39, 0.29) is 12.5 Å². The van der Waals surface area contributed by atoms with E-state index in [1.807, 2.05) is 18.2 Å². The number of fused-ring (bicyclic) bond motifs is 1. The molecule has 0 aliphatic rings. The molecule has 0 unspecified atom stereocenters. The Bertz CT molecular complexity index is 1430. The molecule has 9 nitrogen and oxygen atoms in total. The Labute approximate surface area is 199 Å². The Hall–Kier alpha value is -4.18. The third-order valence-electron chi connectivity index (χ3n) is 5.15. The van der Waals surface area contributed by atoms with Crippen molar-refractivity contribution in [2.75, 3.05) is 24.9 Å². The average Bonchev–Trinajstić information content (AvgIpc) is 3.19. The van der Waals surface area contributed by atoms with Crippen molar-refractivity contribution in [3.63, 3.8) is 0 Å². The van der Waals surface area contributed by atoms with E-state index in [1.165, 1.54) is 25.1 Å². The van der Waals surface area contributed by atoms with Crippen molar-refractivity contribution >= 4 is 44.7 Å². The average molecular weight is 479 g/mol. The van der Waals surface area contributed by atoms with Gasteiger partial charge in [-0.3, -0.25) is 19.0 Å². The van der Waals surface area contributed by atoms with E-state index in [9.17, 15) is 14.4 Å². The summed E-state index contributed by atoms with van der Waals surface area (Å²) in [5.41, 5.74) is 1.23. The maximum absolute atomic E-state index is 13.1. The highest BCUT2D eigenvalue weighted by atomic mass is 32.1. The molecule has 0 bridgehead atoms. The molecule has 0 atom stereocenters. The molecule has 10 heteroatoms. The molecule has 4 aromatic rings. The highest BCUT2D eigenvalue weighted by molar-refractivity contribution is 7.20. The Morgan fingerprint density at radius 3 is 2.53 bits per heavy atom. The van der Waals surface area contributed by atoms with Gasteiger partial charge in [0.1, 0.15) is 22.9 Å². The molecule has 0 aliphatic heterocycles. The first-order valence-electron chi connectivity index (χ1n) is 10.3. The normalized spacial score (nSPS) is 10.7. The molecule has 0 saturated heterocycles. The molecule has 174 valence electrons. The lowest BCUT2D eigenvalue weighted by molar-refractivity contribution is -0.116. The molecule has 0 spiro atoms. The summed E-state index contributed by atoms with van der Waals surface area (Å²) in [5, 5.41) is 5.88. The molecule has 4 rings (SSSR count). The number of rotatable bonds is 7. The number of nitrogens with zero attached hydrogens (tertiary/aromatic N) is 2. The van der Waals surface area contributed by atoms with Crippen LogP contribution in [0.15, 0.2) is 59.7 Å². The minimum atomic E-state index is -0.429. The first-order valence-corrected chi connectivity index (χ1v) is 11.1. The van der Waals surface area contributed by atoms with Crippen molar-refractivity contribution in [3.05, 3.63) is 75.7 Å². The van der Waals surface area contributed by atoms with Gasteiger partial charge in [-0.1, -0.05) is 18.2 Å². The smallest absolute Gasteiger partial charge is 0.266 e. The summed E-state index contributed by atoms with van der Waals surface area (Å²) in [4.78, 5) is 43.7. The number of hydrogen-bond donors (Lipinski definition) is 2. The largest absolute Gasteiger partial charge is 0.497 e. The second-order valence-corrected chi connectivity index (χ2v) is 8.35. The van der Waals surface area contributed by atoms with Crippen LogP contribution in [0, 0.1) is 6.92 Å². The molecular weight excluding hydrogens is 456 g/mol. The van der Waals surface area contributed by atoms with Crippen LogP contribution in [0.1, 0.15) is 15.2 Å². The van der Waals surface area contributed by atoms with E-state index >= 15 is 0 Å². The maximum Gasteiger partial charge on any atom is 0.266 e. The fourth-order valence-electron chi connectivity index (χ4n) is 3.44. The van der Waals surface area contributed by atoms with Crippen LogP contribution >= 0.6 is 11.3 Å². The summed E-state index contributed by atoms with van der Waals surface area (Å²) in [7, 11) is 3.02. The fraction of sp³-hybridized carbons (Fsp3) is 0.167. The first kappa shape index (κ1) is 23.0. The van der Waals surface area contributed by atoms with Crippen molar-refractivity contribution in [3.8, 4) is 11.5 Å². The molecule has 2 amide bonds. The molecule has 0 aliphatic carbocycles. The van der Waals surface area contributed by atoms with Gasteiger partial charge >= 0.3 is 0 Å². The van der Waals surface area contributed by atoms with Crippen molar-refractivity contribution in [2.24, 2.45) is 0 Å². The SMILES string of the molecule is COc1ccc(NC(=O)Cn2cnc3sc(C(=O)Nc4ccccc4)c(C)c3c2=O)c(OC)c1. The lowest BCUT2D eigenvalue weighted by atomic mass is 10.2. The number of nitrogens with one attached hydrogen (secondary N) is 2. The van der Waals surface area contributed by atoms with Gasteiger partial charge in [0, 0.05) is 11.8 Å². The van der Waals surface area contributed by atoms with Crippen LogP contribution in [-0.4, -0.2) is 35.6 Å². The number of hydrogen-bond acceptors (Lipinski definition) is 7. The lowest BCUT2D eigenvalue weighted by Gasteiger charge is -2.12. The molecule has 0 radical (unpaired) electrons. The van der Waals surface area contributed by atoms with E-state index in [0.717, 1.165) is 11.3 Å². The quantitative estimate of drug-likeness (QED) is 0.419. The predicted octanol–water partition coefficient (Wildman–Crippen LogP) is 3.67. The number of thiophene rings is 1. The Kier molecular flexibility index (Phi) is 6.60. The topological polar surface area (TPSA) is 112 Å². The Morgan fingerprint density at radius 1 is 1.06 bits per heavy atom. The van der Waals surface area contributed by atoms with Gasteiger partial charge in [0.05, 0.1) is 36.5 Å². The van der Waals surface area contributed by atoms with Crippen LogP contribution < -0.4 is 25.7 Å². The minimum Gasteiger partial charge on any atom is -0.497 e. The highest BCUT2D eigenvalue weighted by Gasteiger charge is 2.20. The number of anilines is 2. The molecule has 0 saturated carbocycles. The van der Waals surface area contributed by atoms with Gasteiger partial charge in [0.25, 0.3) is 11.5 Å². The fourth-order valence-corrected chi connectivity index (χ4v) is 4.48. The lowest BCUT2D eigenvalue weighted by Crippen LogP contribution is -2.28. The number of methoxy groups -OCH3 is 2. The number of amides is 2. The van der Waals surface area contributed by atoms with Gasteiger partial charge in [-0.15, -0.1) is 11.3 Å². The molecule has 2 aromatic heterocycles. The summed E-state index contributed by atoms with van der Waals surface area (Å²) in [6, 6.07) is 14.0. The van der Waals surface area contributed by atoms with Crippen molar-refractivity contribution in [1.29, 1.82) is 0 Å². The van der Waals surface area contributed by atoms with Crippen LogP contribution in [0.4, 0.5) is 11.4 Å². The van der Waals surface area contributed by atoms with Crippen LogP contribution in [0.5, 0.6) is 11.5 Å². The van der Waals surface area contributed by atoms with Gasteiger partial charge in [-0.05, 0) is 36.8 Å². The number of carbonyl (C=O) groups is 2. The predicted molar refractivity (Wildman–Crippen MR) is 131 cm³/mol. The zero-order chi connectivity index (χ0) is 24.2. The number of ether oxygens (including phenoxy) is 2. The molecule has 0 fully saturated rings. The van der Waals surface area contributed by atoms with Gasteiger partial charge in [0.15, 0.2) is 0 Å². The van der Waals surface area contributed by atoms with Gasteiger partial charge in [-0.25, -0.2) is 4.98 Å². The molecule has 2 N–H and O–H groups in total. The van der Waals surface area contributed by atoms with Gasteiger partial charge in [0.2, 0.25) is 5.91 Å². The van der Waals surface area contributed by atoms with Crippen LogP contribution in [0.3, 0.4) is 0 Å². The number of para-hydroxylation sites is 1. The number of carbonyl (C=O) groups excluding carboxylic acids is 2. The summed E-state index contributed by atoms with van der Waals surface area (Å²) in [6.07, 6.45) is 1.31. The van der Waals surface area contributed by atoms with Crippen molar-refractivity contribution in [2.45, 2.75) is 13.5 Å². The third-order valence-corrected chi connectivity index (χ3v) is 6.35. The first-order chi connectivity index (χ1) is 16.4. The molecule has 2 heterocycles. The number of aryl methyl sites for hydroxylation is 1. The van der Waals surface area contributed by atoms with E-state index < -0.39 is 11.5 Å². The van der Waals surface area contributed by atoms with Crippen LogP contribution in [-0.2, 0) is 11.3 Å². The second-order valence-electron chi connectivity index (χ2n) is 7.35. The third kappa shape index (κ3) is 4.62. The van der Waals surface area contributed by atoms with Crippen molar-refractivity contribution < 1.29 is 19.1 Å². The summed E-state index contributed by atoms with van der Waals surface area (Å²) in [6.45, 7) is 1.45. The molecule has 34 heavy (non-hydrogen) atoms. The zero-order valence-electron chi connectivity index (χ0n) is 18.7. The Balaban J connectivity index is 1.57. The van der Waals surface area contributed by atoms with Gasteiger partial charge < -0.3 is 20.1 Å². The second kappa shape index (κ2) is 9.75. The van der Waals surface area contributed by atoms with Crippen molar-refractivity contribution in [1.82, 2.24) is 9.55 Å². The van der Waals surface area contributed by atoms with Gasteiger partial charge in [-0.2, -0.15) is 0 Å². The van der Waals surface area contributed by atoms with Crippen LogP contribution in [0.25, 0.3) is 10.2 Å². The standard InChI is InChI=1S/C24H22N4O5S/c1-14-20-23(34-21(14)22(30)26-15-7-5-4-6-8-15)25-13-28(24(20)31)12-19(29)27-17-10-9-16(32-2)11-18(17)33-3/h4-11,13H,12H2,1-3H3,(H,26,30)(H,27,29). The number of benzene rings is 2. The summed E-state index contributed by atoms with van der Waals surface area (Å²) in [5.74, 6) is 0.265. The summed E-state index contributed by atoms with van der Waals surface area (Å²) < 4.78 is 11.7. The van der Waals surface area contributed by atoms with E-state index in [2.05, 4.69) is 15.6 Å². The monoisotopic (exact) mass is 478 g/mol. The van der Waals surface area contributed by atoms with Crippen LogP contribution in [0.2, 0.25) is 0 Å². The molecular formula is C24H22N4O5S. The van der Waals surface area contributed by atoms with E-state index in [0.29, 0.717) is 43.5 Å².